The molecule has 128 valence electrons. The van der Waals surface area contributed by atoms with Gasteiger partial charge >= 0.3 is 0 Å². The van der Waals surface area contributed by atoms with Gasteiger partial charge in [-0.3, -0.25) is 4.79 Å². The molecule has 0 spiro atoms. The molecule has 0 heterocycles. The molecule has 0 amide bonds. The summed E-state index contributed by atoms with van der Waals surface area (Å²) in [6.07, 6.45) is 5.59. The summed E-state index contributed by atoms with van der Waals surface area (Å²) in [6.45, 7) is 0.761. The van der Waals surface area contributed by atoms with Gasteiger partial charge in [-0.2, -0.15) is 10.2 Å². The molecule has 25 heavy (non-hydrogen) atoms. The predicted octanol–water partition coefficient (Wildman–Crippen LogP) is 4.04. The van der Waals surface area contributed by atoms with Crippen molar-refractivity contribution in [1.29, 1.82) is 0 Å². The van der Waals surface area contributed by atoms with Crippen molar-refractivity contribution in [2.45, 2.75) is 19.0 Å². The van der Waals surface area contributed by atoms with Crippen molar-refractivity contribution in [3.8, 4) is 12.3 Å². The van der Waals surface area contributed by atoms with Crippen molar-refractivity contribution in [1.82, 2.24) is 0 Å². The third-order valence-corrected chi connectivity index (χ3v) is 3.51. The number of nitrogens with zero attached hydrogens (tertiary/aromatic N) is 2. The number of hydrogen-bond acceptors (Lipinski definition) is 5. The van der Waals surface area contributed by atoms with E-state index in [2.05, 4.69) is 16.1 Å². The molecule has 0 fully saturated rings. The van der Waals surface area contributed by atoms with Gasteiger partial charge in [0.1, 0.15) is 12.8 Å². The molecule has 0 aliphatic heterocycles. The summed E-state index contributed by atoms with van der Waals surface area (Å²) in [5.74, 6) is 2.45. The monoisotopic (exact) mass is 335 g/mol. The highest BCUT2D eigenvalue weighted by molar-refractivity contribution is 5.96. The molecule has 2 aromatic carbocycles. The number of ether oxygens (including phenoxy) is 1. The summed E-state index contributed by atoms with van der Waals surface area (Å²) >= 11 is 0. The lowest BCUT2D eigenvalue weighted by Crippen LogP contribution is -2.07. The highest BCUT2D eigenvalue weighted by Gasteiger charge is 2.08. The largest absolute Gasteiger partial charge is 0.369 e. The van der Waals surface area contributed by atoms with Gasteiger partial charge in [0.2, 0.25) is 0 Å². The molecule has 1 atom stereocenters. The molecule has 2 rings (SSSR count). The zero-order chi connectivity index (χ0) is 17.9. The minimum absolute atomic E-state index is 0.0651. The van der Waals surface area contributed by atoms with E-state index >= 15 is 0 Å². The fraction of sp³-hybridized carbons (Fsp3) is 0.250. The zero-order valence-corrected chi connectivity index (χ0v) is 14.0. The van der Waals surface area contributed by atoms with Crippen molar-refractivity contribution < 1.29 is 9.53 Å². The van der Waals surface area contributed by atoms with Gasteiger partial charge in [0.15, 0.2) is 5.78 Å². The van der Waals surface area contributed by atoms with E-state index in [1.54, 1.807) is 24.3 Å². The summed E-state index contributed by atoms with van der Waals surface area (Å²) in [7, 11) is 0. The topological polar surface area (TPSA) is 77.0 Å². The van der Waals surface area contributed by atoms with Crippen molar-refractivity contribution in [2.75, 3.05) is 13.2 Å². The van der Waals surface area contributed by atoms with Crippen molar-refractivity contribution in [2.24, 2.45) is 16.0 Å². The summed E-state index contributed by atoms with van der Waals surface area (Å²) in [5.41, 5.74) is 8.21. The van der Waals surface area contributed by atoms with E-state index in [1.165, 1.54) is 0 Å². The second-order valence-electron chi connectivity index (χ2n) is 5.40. The van der Waals surface area contributed by atoms with Gasteiger partial charge in [-0.1, -0.05) is 48.4 Å². The van der Waals surface area contributed by atoms with Gasteiger partial charge in [-0.25, -0.2) is 0 Å². The lowest BCUT2D eigenvalue weighted by Gasteiger charge is -2.07. The maximum Gasteiger partial charge on any atom is 0.162 e. The number of nitrogens with two attached hydrogens (primary N) is 1. The van der Waals surface area contributed by atoms with Crippen LogP contribution in [-0.4, -0.2) is 19.0 Å². The average molecular weight is 335 g/mol. The van der Waals surface area contributed by atoms with Crippen LogP contribution in [0.2, 0.25) is 0 Å². The van der Waals surface area contributed by atoms with E-state index in [1.807, 2.05) is 30.3 Å². The van der Waals surface area contributed by atoms with Crippen LogP contribution in [-0.2, 0) is 4.74 Å². The predicted molar refractivity (Wildman–Crippen MR) is 97.5 cm³/mol. The second kappa shape index (κ2) is 10.1. The Morgan fingerprint density at radius 1 is 1.16 bits per heavy atom. The number of terminal acetylenes is 1. The minimum atomic E-state index is -0.568. The molecular formula is C20H21N3O2. The fourth-order valence-electron chi connectivity index (χ4n) is 2.17. The lowest BCUT2D eigenvalue weighted by atomic mass is 10.0. The Bertz CT molecular complexity index is 734. The minimum Gasteiger partial charge on any atom is -0.369 e. The fourth-order valence-corrected chi connectivity index (χ4v) is 2.17. The maximum absolute atomic E-state index is 12.1. The number of carbonyl (C=O) groups excluding carboxylic acids is 1. The highest BCUT2D eigenvalue weighted by Crippen LogP contribution is 2.18. The van der Waals surface area contributed by atoms with Crippen LogP contribution >= 0.6 is 0 Å². The summed E-state index contributed by atoms with van der Waals surface area (Å²) in [6, 6.07) is 16.5. The summed E-state index contributed by atoms with van der Waals surface area (Å²) in [4.78, 5) is 12.1. The van der Waals surface area contributed by atoms with Crippen LogP contribution in [0.25, 0.3) is 0 Å². The van der Waals surface area contributed by atoms with Crippen molar-refractivity contribution >= 4 is 11.5 Å². The molecule has 0 aliphatic rings. The van der Waals surface area contributed by atoms with Gasteiger partial charge in [-0.05, 0) is 24.1 Å². The Balaban J connectivity index is 1.87. The Kier molecular flexibility index (Phi) is 7.51. The molecule has 2 N–H and O–H groups in total. The van der Waals surface area contributed by atoms with Gasteiger partial charge in [0, 0.05) is 18.6 Å². The standard InChI is InChI=1S/C20H21N3O2/c1-2-14-25-15-6-9-19(24)16-10-12-17(13-11-16)20(21)23-22-18-7-4-3-5-8-18/h1,3-5,7-8,10-13,20H,6,9,14-15,21H2. The summed E-state index contributed by atoms with van der Waals surface area (Å²) < 4.78 is 5.16. The maximum atomic E-state index is 12.1. The number of rotatable bonds is 9. The van der Waals surface area contributed by atoms with Crippen LogP contribution in [0.15, 0.2) is 64.8 Å². The first-order valence-corrected chi connectivity index (χ1v) is 8.06. The van der Waals surface area contributed by atoms with Crippen LogP contribution in [0.3, 0.4) is 0 Å². The molecule has 0 radical (unpaired) electrons. The SMILES string of the molecule is C#CCOCCCC(=O)c1ccc(C(N)N=Nc2ccccc2)cc1. The second-order valence-corrected chi connectivity index (χ2v) is 5.40. The van der Waals surface area contributed by atoms with E-state index in [-0.39, 0.29) is 12.4 Å². The quantitative estimate of drug-likeness (QED) is 0.325. The third kappa shape index (κ3) is 6.30. The molecule has 2 aromatic rings. The molecule has 5 nitrogen and oxygen atoms in total. The Hall–Kier alpha value is -2.81. The molecule has 0 saturated heterocycles. The average Bonchev–Trinajstić information content (AvgIpc) is 2.66. The van der Waals surface area contributed by atoms with Crippen molar-refractivity contribution in [3.63, 3.8) is 0 Å². The number of ketones is 1. The van der Waals surface area contributed by atoms with Crippen LogP contribution < -0.4 is 5.73 Å². The Morgan fingerprint density at radius 2 is 1.88 bits per heavy atom. The van der Waals surface area contributed by atoms with Gasteiger partial charge in [0.25, 0.3) is 0 Å². The van der Waals surface area contributed by atoms with Crippen LogP contribution in [0, 0.1) is 12.3 Å². The van der Waals surface area contributed by atoms with Gasteiger partial charge < -0.3 is 10.5 Å². The molecule has 5 heteroatoms. The number of Topliss-reactive ketones (excluding diaryl/α,β-unsaturated/α-hetero) is 1. The molecule has 0 aliphatic carbocycles. The van der Waals surface area contributed by atoms with E-state index in [9.17, 15) is 4.79 Å². The summed E-state index contributed by atoms with van der Waals surface area (Å²) in [5, 5.41) is 8.21. The first kappa shape index (κ1) is 18.5. The Morgan fingerprint density at radius 3 is 2.56 bits per heavy atom. The van der Waals surface area contributed by atoms with E-state index in [0.29, 0.717) is 25.0 Å². The molecule has 0 saturated carbocycles. The Labute approximate surface area is 147 Å². The van der Waals surface area contributed by atoms with Crippen LogP contribution in [0.4, 0.5) is 5.69 Å². The number of carbonyl (C=O) groups is 1. The first-order chi connectivity index (χ1) is 12.2. The van der Waals surface area contributed by atoms with Crippen LogP contribution in [0.5, 0.6) is 0 Å². The van der Waals surface area contributed by atoms with Gasteiger partial charge in [0.05, 0.1) is 5.69 Å². The molecular weight excluding hydrogens is 314 g/mol. The smallest absolute Gasteiger partial charge is 0.162 e. The number of azo groups is 1. The molecule has 1 unspecified atom stereocenters. The van der Waals surface area contributed by atoms with E-state index in [4.69, 9.17) is 16.9 Å². The number of hydrogen-bond donors (Lipinski definition) is 1. The molecule has 0 bridgehead atoms. The van der Waals surface area contributed by atoms with E-state index in [0.717, 1.165) is 11.3 Å². The third-order valence-electron chi connectivity index (χ3n) is 3.51. The van der Waals surface area contributed by atoms with Gasteiger partial charge in [-0.15, -0.1) is 6.42 Å². The first-order valence-electron chi connectivity index (χ1n) is 8.06. The van der Waals surface area contributed by atoms with Crippen molar-refractivity contribution in [3.05, 3.63) is 65.7 Å². The molecule has 0 aromatic heterocycles. The van der Waals surface area contributed by atoms with E-state index < -0.39 is 6.17 Å². The lowest BCUT2D eigenvalue weighted by molar-refractivity contribution is 0.0956. The number of benzene rings is 2. The highest BCUT2D eigenvalue weighted by atomic mass is 16.5. The van der Waals surface area contributed by atoms with Crippen LogP contribution in [0.1, 0.15) is 34.9 Å². The normalized spacial score (nSPS) is 12.0. The zero-order valence-electron chi connectivity index (χ0n) is 14.0.